The molecule has 130 valence electrons. The zero-order chi connectivity index (χ0) is 17.9. The molecule has 8 nitrogen and oxygen atoms in total. The normalized spacial score (nSPS) is 17.0. The van der Waals surface area contributed by atoms with Crippen LogP contribution in [0.3, 0.4) is 0 Å². The number of phenolic OH excluding ortho intramolecular Hbond substituents is 1. The van der Waals surface area contributed by atoms with Crippen LogP contribution < -0.4 is 20.1 Å². The smallest absolute Gasteiger partial charge is 0.338 e. The molecule has 0 fully saturated rings. The van der Waals surface area contributed by atoms with Gasteiger partial charge in [0.2, 0.25) is 5.75 Å². The molecule has 1 aromatic carbocycles. The predicted molar refractivity (Wildman–Crippen MR) is 85.0 cm³/mol. The lowest BCUT2D eigenvalue weighted by molar-refractivity contribution is -0.139. The van der Waals surface area contributed by atoms with Crippen LogP contribution in [0.4, 0.5) is 4.79 Å². The SMILES string of the molecule is CCOC(=O)C1=C(C)NC(=O)NC1c1cc(OC)c(O)c(OC)c1. The Hall–Kier alpha value is -2.90. The van der Waals surface area contributed by atoms with E-state index < -0.39 is 18.0 Å². The van der Waals surface area contributed by atoms with Crippen LogP contribution in [0.5, 0.6) is 17.2 Å². The molecule has 24 heavy (non-hydrogen) atoms. The average molecular weight is 336 g/mol. The summed E-state index contributed by atoms with van der Waals surface area (Å²) in [5.41, 5.74) is 1.18. The summed E-state index contributed by atoms with van der Waals surface area (Å²) in [6.45, 7) is 3.52. The highest BCUT2D eigenvalue weighted by molar-refractivity contribution is 5.95. The van der Waals surface area contributed by atoms with Crippen molar-refractivity contribution in [1.29, 1.82) is 0 Å². The van der Waals surface area contributed by atoms with E-state index in [9.17, 15) is 14.7 Å². The van der Waals surface area contributed by atoms with E-state index in [4.69, 9.17) is 14.2 Å². The summed E-state index contributed by atoms with van der Waals surface area (Å²) in [6.07, 6.45) is 0. The van der Waals surface area contributed by atoms with Crippen molar-refractivity contribution in [3.63, 3.8) is 0 Å². The topological polar surface area (TPSA) is 106 Å². The highest BCUT2D eigenvalue weighted by atomic mass is 16.5. The van der Waals surface area contributed by atoms with Crippen LogP contribution in [-0.2, 0) is 9.53 Å². The molecule has 1 unspecified atom stereocenters. The second kappa shape index (κ2) is 7.12. The van der Waals surface area contributed by atoms with E-state index in [1.54, 1.807) is 13.8 Å². The third kappa shape index (κ3) is 3.22. The van der Waals surface area contributed by atoms with Crippen LogP contribution in [0.1, 0.15) is 25.5 Å². The predicted octanol–water partition coefficient (Wildman–Crippen LogP) is 1.60. The summed E-state index contributed by atoms with van der Waals surface area (Å²) < 4.78 is 15.3. The molecular formula is C16H20N2O6. The van der Waals surface area contributed by atoms with Crippen molar-refractivity contribution in [3.05, 3.63) is 29.0 Å². The molecule has 0 aromatic heterocycles. The Bertz CT molecular complexity index is 673. The summed E-state index contributed by atoms with van der Waals surface area (Å²) >= 11 is 0. The number of urea groups is 1. The van der Waals surface area contributed by atoms with Gasteiger partial charge in [0, 0.05) is 5.70 Å². The molecule has 8 heteroatoms. The number of hydrogen-bond donors (Lipinski definition) is 3. The number of methoxy groups -OCH3 is 2. The van der Waals surface area contributed by atoms with Crippen molar-refractivity contribution in [2.75, 3.05) is 20.8 Å². The van der Waals surface area contributed by atoms with Gasteiger partial charge >= 0.3 is 12.0 Å². The van der Waals surface area contributed by atoms with Crippen molar-refractivity contribution < 1.29 is 28.9 Å². The Morgan fingerprint density at radius 1 is 1.25 bits per heavy atom. The van der Waals surface area contributed by atoms with Crippen molar-refractivity contribution in [2.24, 2.45) is 0 Å². The fraction of sp³-hybridized carbons (Fsp3) is 0.375. The van der Waals surface area contributed by atoms with Crippen molar-refractivity contribution >= 4 is 12.0 Å². The number of hydrogen-bond acceptors (Lipinski definition) is 6. The number of benzene rings is 1. The molecule has 0 bridgehead atoms. The number of phenols is 1. The first kappa shape index (κ1) is 17.5. The zero-order valence-corrected chi connectivity index (χ0v) is 13.9. The largest absolute Gasteiger partial charge is 0.502 e. The monoisotopic (exact) mass is 336 g/mol. The van der Waals surface area contributed by atoms with Crippen LogP contribution in [0.2, 0.25) is 0 Å². The van der Waals surface area contributed by atoms with E-state index in [2.05, 4.69) is 10.6 Å². The molecule has 0 saturated heterocycles. The van der Waals surface area contributed by atoms with Gasteiger partial charge in [-0.2, -0.15) is 0 Å². The fourth-order valence-corrected chi connectivity index (χ4v) is 2.50. The summed E-state index contributed by atoms with van der Waals surface area (Å²) in [6, 6.07) is 1.85. The molecule has 1 aromatic rings. The Morgan fingerprint density at radius 2 is 1.83 bits per heavy atom. The second-order valence-electron chi connectivity index (χ2n) is 5.06. The van der Waals surface area contributed by atoms with Gasteiger partial charge in [0.05, 0.1) is 32.4 Å². The number of allylic oxidation sites excluding steroid dienone is 1. The number of esters is 1. The molecule has 2 rings (SSSR count). The third-order valence-electron chi connectivity index (χ3n) is 3.60. The van der Waals surface area contributed by atoms with Crippen molar-refractivity contribution in [3.8, 4) is 17.2 Å². The van der Waals surface area contributed by atoms with Gasteiger partial charge in [-0.15, -0.1) is 0 Å². The highest BCUT2D eigenvalue weighted by Gasteiger charge is 2.33. The van der Waals surface area contributed by atoms with Crippen molar-refractivity contribution in [1.82, 2.24) is 10.6 Å². The number of amides is 2. The number of aromatic hydroxyl groups is 1. The zero-order valence-electron chi connectivity index (χ0n) is 13.9. The summed E-state index contributed by atoms with van der Waals surface area (Å²) in [5, 5.41) is 15.2. The Balaban J connectivity index is 2.57. The third-order valence-corrected chi connectivity index (χ3v) is 3.60. The maximum atomic E-state index is 12.3. The number of carbonyl (C=O) groups excluding carboxylic acids is 2. The lowest BCUT2D eigenvalue weighted by atomic mass is 9.95. The average Bonchev–Trinajstić information content (AvgIpc) is 2.54. The molecule has 1 heterocycles. The van der Waals surface area contributed by atoms with E-state index >= 15 is 0 Å². The Morgan fingerprint density at radius 3 is 2.33 bits per heavy atom. The second-order valence-corrected chi connectivity index (χ2v) is 5.06. The first-order valence-corrected chi connectivity index (χ1v) is 7.33. The minimum absolute atomic E-state index is 0.164. The quantitative estimate of drug-likeness (QED) is 0.705. The van der Waals surface area contributed by atoms with E-state index in [-0.39, 0.29) is 29.4 Å². The van der Waals surface area contributed by atoms with Gasteiger partial charge in [0.15, 0.2) is 11.5 Å². The highest BCUT2D eigenvalue weighted by Crippen LogP contribution is 2.40. The minimum atomic E-state index is -0.763. The van der Waals surface area contributed by atoms with Crippen LogP contribution >= 0.6 is 0 Å². The van der Waals surface area contributed by atoms with Gasteiger partial charge < -0.3 is 30.0 Å². The number of rotatable bonds is 5. The number of nitrogens with one attached hydrogen (secondary N) is 2. The van der Waals surface area contributed by atoms with Crippen LogP contribution in [0, 0.1) is 0 Å². The van der Waals surface area contributed by atoms with Crippen LogP contribution in [0.15, 0.2) is 23.4 Å². The first-order chi connectivity index (χ1) is 11.4. The molecule has 0 radical (unpaired) electrons. The summed E-state index contributed by atoms with van der Waals surface area (Å²) in [5.74, 6) is -0.378. The van der Waals surface area contributed by atoms with Gasteiger partial charge in [0.1, 0.15) is 0 Å². The first-order valence-electron chi connectivity index (χ1n) is 7.33. The molecule has 2 amide bonds. The lowest BCUT2D eigenvalue weighted by Crippen LogP contribution is -2.45. The molecular weight excluding hydrogens is 316 g/mol. The van der Waals surface area contributed by atoms with Gasteiger partial charge in [-0.3, -0.25) is 0 Å². The van der Waals surface area contributed by atoms with Gasteiger partial charge in [-0.1, -0.05) is 0 Å². The lowest BCUT2D eigenvalue weighted by Gasteiger charge is -2.28. The molecule has 0 spiro atoms. The molecule has 0 saturated carbocycles. The van der Waals surface area contributed by atoms with E-state index in [1.165, 1.54) is 26.4 Å². The standard InChI is InChI=1S/C16H20N2O6/c1-5-24-15(20)12-8(2)17-16(21)18-13(12)9-6-10(22-3)14(19)11(7-9)23-4/h6-7,13,19H,5H2,1-4H3,(H2,17,18,21). The van der Waals surface area contributed by atoms with Gasteiger partial charge in [-0.25, -0.2) is 9.59 Å². The minimum Gasteiger partial charge on any atom is -0.502 e. The van der Waals surface area contributed by atoms with E-state index in [0.29, 0.717) is 11.3 Å². The number of carbonyl (C=O) groups is 2. The molecule has 0 aliphatic carbocycles. The molecule has 1 aliphatic rings. The fourth-order valence-electron chi connectivity index (χ4n) is 2.50. The van der Waals surface area contributed by atoms with Crippen LogP contribution in [-0.4, -0.2) is 37.9 Å². The number of ether oxygens (including phenoxy) is 3. The molecule has 1 atom stereocenters. The maximum absolute atomic E-state index is 12.3. The Labute approximate surface area is 139 Å². The molecule has 3 N–H and O–H groups in total. The Kier molecular flexibility index (Phi) is 5.18. The van der Waals surface area contributed by atoms with Crippen molar-refractivity contribution in [2.45, 2.75) is 19.9 Å². The van der Waals surface area contributed by atoms with Crippen LogP contribution in [0.25, 0.3) is 0 Å². The van der Waals surface area contributed by atoms with E-state index in [1.807, 2.05) is 0 Å². The summed E-state index contributed by atoms with van der Waals surface area (Å²) in [7, 11) is 2.79. The molecule has 1 aliphatic heterocycles. The van der Waals surface area contributed by atoms with Gasteiger partial charge in [-0.05, 0) is 31.5 Å². The summed E-state index contributed by atoms with van der Waals surface area (Å²) in [4.78, 5) is 24.1. The maximum Gasteiger partial charge on any atom is 0.338 e. The van der Waals surface area contributed by atoms with Gasteiger partial charge in [0.25, 0.3) is 0 Å². The van der Waals surface area contributed by atoms with E-state index in [0.717, 1.165) is 0 Å².